The third kappa shape index (κ3) is 3.41. The van der Waals surface area contributed by atoms with Crippen LogP contribution in [0.3, 0.4) is 0 Å². The van der Waals surface area contributed by atoms with Gasteiger partial charge in [0.1, 0.15) is 6.07 Å². The number of hydrogen-bond acceptors (Lipinski definition) is 5. The molecule has 1 saturated heterocycles. The van der Waals surface area contributed by atoms with Gasteiger partial charge in [0.2, 0.25) is 5.71 Å². The maximum absolute atomic E-state index is 12.3. The van der Waals surface area contributed by atoms with Crippen molar-refractivity contribution in [1.29, 1.82) is 10.7 Å². The highest BCUT2D eigenvalue weighted by Crippen LogP contribution is 2.19. The number of anilines is 1. The second kappa shape index (κ2) is 6.72. The molecule has 1 fully saturated rings. The van der Waals surface area contributed by atoms with Crippen molar-refractivity contribution in [3.05, 3.63) is 29.3 Å². The molecular formula is C15H18N6O. The Hall–Kier alpha value is -2.88. The fourth-order valence-corrected chi connectivity index (χ4v) is 2.29. The van der Waals surface area contributed by atoms with Crippen molar-refractivity contribution in [2.75, 3.05) is 18.5 Å². The van der Waals surface area contributed by atoms with Crippen LogP contribution >= 0.6 is 0 Å². The summed E-state index contributed by atoms with van der Waals surface area (Å²) in [6.07, 6.45) is 2.11. The summed E-state index contributed by atoms with van der Waals surface area (Å²) in [7, 11) is 0. The fraction of sp³-hybridized carbons (Fsp3) is 0.333. The number of nitrogens with one attached hydrogen (secondary N) is 2. The Morgan fingerprint density at radius 2 is 2.14 bits per heavy atom. The molecule has 0 saturated carbocycles. The van der Waals surface area contributed by atoms with Gasteiger partial charge in [0.15, 0.2) is 5.84 Å². The molecular weight excluding hydrogens is 280 g/mol. The second-order valence-corrected chi connectivity index (χ2v) is 5.13. The van der Waals surface area contributed by atoms with Crippen molar-refractivity contribution in [2.24, 2.45) is 10.8 Å². The molecule has 7 nitrogen and oxygen atoms in total. The van der Waals surface area contributed by atoms with Crippen molar-refractivity contribution < 1.29 is 4.79 Å². The standard InChI is InChI=1S/C15H18N6O/c1-10-8-11(15(22)21-6-2-3-7-21)4-5-12(10)19-20-13(9-16)14(17)18/h4-5,8,19H,2-3,6-7H2,1H3,(H3,17,18)/b20-13+. The van der Waals surface area contributed by atoms with Crippen LogP contribution in [0.5, 0.6) is 0 Å². The Kier molecular flexibility index (Phi) is 4.73. The Balaban J connectivity index is 2.14. The fourth-order valence-electron chi connectivity index (χ4n) is 2.29. The van der Waals surface area contributed by atoms with E-state index in [1.165, 1.54) is 0 Å². The van der Waals surface area contributed by atoms with E-state index < -0.39 is 5.84 Å². The summed E-state index contributed by atoms with van der Waals surface area (Å²) in [6.45, 7) is 3.47. The molecule has 114 valence electrons. The number of amides is 1. The summed E-state index contributed by atoms with van der Waals surface area (Å²) >= 11 is 0. The molecule has 22 heavy (non-hydrogen) atoms. The number of benzene rings is 1. The number of hydrazone groups is 1. The second-order valence-electron chi connectivity index (χ2n) is 5.13. The van der Waals surface area contributed by atoms with Gasteiger partial charge in [-0.15, -0.1) is 0 Å². The van der Waals surface area contributed by atoms with Gasteiger partial charge < -0.3 is 10.6 Å². The number of nitrogens with zero attached hydrogens (tertiary/aromatic N) is 3. The van der Waals surface area contributed by atoms with Crippen LogP contribution in [0.1, 0.15) is 28.8 Å². The van der Waals surface area contributed by atoms with Gasteiger partial charge in [0, 0.05) is 18.7 Å². The number of hydrogen-bond donors (Lipinski definition) is 3. The van der Waals surface area contributed by atoms with Gasteiger partial charge in [-0.3, -0.25) is 15.6 Å². The lowest BCUT2D eigenvalue weighted by Gasteiger charge is -2.16. The average Bonchev–Trinajstić information content (AvgIpc) is 3.02. The van der Waals surface area contributed by atoms with E-state index in [2.05, 4.69) is 10.5 Å². The van der Waals surface area contributed by atoms with Gasteiger partial charge in [-0.05, 0) is 43.5 Å². The number of likely N-dealkylation sites (tertiary alicyclic amines) is 1. The minimum atomic E-state index is -0.395. The Labute approximate surface area is 128 Å². The zero-order valence-corrected chi connectivity index (χ0v) is 12.4. The largest absolute Gasteiger partial charge is 0.382 e. The predicted molar refractivity (Wildman–Crippen MR) is 84.9 cm³/mol. The van der Waals surface area contributed by atoms with Gasteiger partial charge in [-0.25, -0.2) is 0 Å². The maximum Gasteiger partial charge on any atom is 0.253 e. The molecule has 0 aromatic heterocycles. The van der Waals surface area contributed by atoms with Crippen LogP contribution in [0.15, 0.2) is 23.3 Å². The van der Waals surface area contributed by atoms with Gasteiger partial charge in [-0.2, -0.15) is 10.4 Å². The van der Waals surface area contributed by atoms with E-state index in [1.807, 2.05) is 11.8 Å². The number of rotatable bonds is 4. The minimum Gasteiger partial charge on any atom is -0.382 e. The zero-order valence-electron chi connectivity index (χ0n) is 12.4. The average molecular weight is 298 g/mol. The topological polar surface area (TPSA) is 118 Å². The van der Waals surface area contributed by atoms with Gasteiger partial charge in [0.05, 0.1) is 5.69 Å². The first-order chi connectivity index (χ1) is 10.5. The lowest BCUT2D eigenvalue weighted by Crippen LogP contribution is -2.27. The van der Waals surface area contributed by atoms with Crippen molar-refractivity contribution in [1.82, 2.24) is 4.90 Å². The molecule has 0 spiro atoms. The summed E-state index contributed by atoms with van der Waals surface area (Å²) in [4.78, 5) is 14.2. The molecule has 1 heterocycles. The van der Waals surface area contributed by atoms with Crippen molar-refractivity contribution in [2.45, 2.75) is 19.8 Å². The lowest BCUT2D eigenvalue weighted by atomic mass is 10.1. The number of nitrogens with two attached hydrogens (primary N) is 1. The Morgan fingerprint density at radius 3 is 2.68 bits per heavy atom. The Morgan fingerprint density at radius 1 is 1.45 bits per heavy atom. The maximum atomic E-state index is 12.3. The molecule has 1 aliphatic rings. The summed E-state index contributed by atoms with van der Waals surface area (Å²) in [5.41, 5.74) is 9.87. The van der Waals surface area contributed by atoms with Crippen LogP contribution in [0.4, 0.5) is 5.69 Å². The van der Waals surface area contributed by atoms with Crippen LogP contribution in [-0.2, 0) is 0 Å². The van der Waals surface area contributed by atoms with E-state index in [4.69, 9.17) is 16.4 Å². The molecule has 0 bridgehead atoms. The zero-order chi connectivity index (χ0) is 16.1. The van der Waals surface area contributed by atoms with Crippen LogP contribution in [0, 0.1) is 23.7 Å². The summed E-state index contributed by atoms with van der Waals surface area (Å²) in [5.74, 6) is -0.356. The van der Waals surface area contributed by atoms with Crippen LogP contribution < -0.4 is 11.2 Å². The predicted octanol–water partition coefficient (Wildman–Crippen LogP) is 1.46. The normalized spacial score (nSPS) is 14.5. The first kappa shape index (κ1) is 15.5. The molecule has 0 aliphatic carbocycles. The highest BCUT2D eigenvalue weighted by molar-refractivity contribution is 6.45. The first-order valence-electron chi connectivity index (χ1n) is 7.01. The molecule has 1 aromatic carbocycles. The molecule has 7 heteroatoms. The number of amidine groups is 1. The summed E-state index contributed by atoms with van der Waals surface area (Å²) in [6, 6.07) is 6.99. The molecule has 1 aliphatic heterocycles. The SMILES string of the molecule is Cc1cc(C(=O)N2CCCC2)ccc1N/N=C(\C#N)C(=N)N. The van der Waals surface area contributed by atoms with Crippen LogP contribution in [0.25, 0.3) is 0 Å². The molecule has 0 unspecified atom stereocenters. The lowest BCUT2D eigenvalue weighted by molar-refractivity contribution is 0.0793. The van der Waals surface area contributed by atoms with Crippen molar-refractivity contribution in [3.8, 4) is 6.07 Å². The van der Waals surface area contributed by atoms with Gasteiger partial charge >= 0.3 is 0 Å². The number of nitriles is 1. The smallest absolute Gasteiger partial charge is 0.253 e. The highest BCUT2D eigenvalue weighted by atomic mass is 16.2. The van der Waals surface area contributed by atoms with Gasteiger partial charge in [0.25, 0.3) is 5.91 Å². The van der Waals surface area contributed by atoms with Crippen molar-refractivity contribution in [3.63, 3.8) is 0 Å². The molecule has 1 aromatic rings. The minimum absolute atomic E-state index is 0.0390. The van der Waals surface area contributed by atoms with E-state index in [0.717, 1.165) is 31.5 Å². The van der Waals surface area contributed by atoms with Crippen LogP contribution in [0.2, 0.25) is 0 Å². The van der Waals surface area contributed by atoms with E-state index in [9.17, 15) is 4.79 Å². The molecule has 1 amide bonds. The van der Waals surface area contributed by atoms with Crippen molar-refractivity contribution >= 4 is 23.1 Å². The van der Waals surface area contributed by atoms with E-state index in [0.29, 0.717) is 11.3 Å². The third-order valence-electron chi connectivity index (χ3n) is 3.52. The highest BCUT2D eigenvalue weighted by Gasteiger charge is 2.19. The van der Waals surface area contributed by atoms with Crippen LogP contribution in [-0.4, -0.2) is 35.4 Å². The first-order valence-corrected chi connectivity index (χ1v) is 7.01. The quantitative estimate of drug-likeness (QED) is 0.443. The van der Waals surface area contributed by atoms with E-state index in [-0.39, 0.29) is 11.6 Å². The van der Waals surface area contributed by atoms with E-state index >= 15 is 0 Å². The number of carbonyl (C=O) groups excluding carboxylic acids is 1. The third-order valence-corrected chi connectivity index (χ3v) is 3.52. The molecule has 0 radical (unpaired) electrons. The monoisotopic (exact) mass is 298 g/mol. The summed E-state index contributed by atoms with van der Waals surface area (Å²) < 4.78 is 0. The van der Waals surface area contributed by atoms with Gasteiger partial charge in [-0.1, -0.05) is 0 Å². The summed E-state index contributed by atoms with van der Waals surface area (Å²) in [5, 5.41) is 19.8. The number of carbonyl (C=O) groups is 1. The molecule has 4 N–H and O–H groups in total. The molecule has 0 atom stereocenters. The number of aryl methyl sites for hydroxylation is 1. The molecule has 2 rings (SSSR count). The Bertz CT molecular complexity index is 667. The van der Waals surface area contributed by atoms with E-state index in [1.54, 1.807) is 24.3 Å².